The third-order valence-corrected chi connectivity index (χ3v) is 2.52. The molecule has 0 spiro atoms. The smallest absolute Gasteiger partial charge is 0.271 e. The van der Waals surface area contributed by atoms with Crippen LogP contribution in [-0.2, 0) is 0 Å². The van der Waals surface area contributed by atoms with Crippen LogP contribution in [-0.4, -0.2) is 16.0 Å². The van der Waals surface area contributed by atoms with Gasteiger partial charge in [-0.3, -0.25) is 4.79 Å². The minimum absolute atomic E-state index is 0.126. The molecule has 0 bridgehead atoms. The van der Waals surface area contributed by atoms with Gasteiger partial charge in [0.1, 0.15) is 5.02 Å². The Balaban J connectivity index is 2.64. The lowest BCUT2D eigenvalue weighted by molar-refractivity contribution is 0.643. The molecule has 1 rings (SSSR count). The first kappa shape index (κ1) is 12.0. The van der Waals surface area contributed by atoms with E-state index in [0.717, 1.165) is 19.3 Å². The quantitative estimate of drug-likeness (QED) is 0.815. The van der Waals surface area contributed by atoms with Crippen LogP contribution in [0.4, 0.5) is 5.82 Å². The Morgan fingerprint density at radius 3 is 3.07 bits per heavy atom. The second-order valence-corrected chi connectivity index (χ2v) is 3.96. The summed E-state index contributed by atoms with van der Waals surface area (Å²) >= 11 is 5.80. The lowest BCUT2D eigenvalue weighted by atomic mass is 10.1. The molecule has 0 fully saturated rings. The Hall–Kier alpha value is -1.03. The molecule has 4 nitrogen and oxygen atoms in total. The van der Waals surface area contributed by atoms with Crippen molar-refractivity contribution in [3.63, 3.8) is 0 Å². The maximum atomic E-state index is 11.2. The lowest BCUT2D eigenvalue weighted by Crippen LogP contribution is -2.19. The van der Waals surface area contributed by atoms with Gasteiger partial charge in [-0.15, -0.1) is 0 Å². The fraction of sp³-hybridized carbons (Fsp3) is 0.600. The second kappa shape index (κ2) is 5.75. The molecule has 0 saturated heterocycles. The molecule has 0 saturated carbocycles. The predicted molar refractivity (Wildman–Crippen MR) is 62.5 cm³/mol. The number of unbranched alkanes of at least 4 members (excludes halogenated alkanes) is 1. The zero-order chi connectivity index (χ0) is 11.3. The van der Waals surface area contributed by atoms with Crippen molar-refractivity contribution in [2.75, 3.05) is 5.32 Å². The first-order valence-electron chi connectivity index (χ1n) is 5.14. The molecule has 2 N–H and O–H groups in total. The molecule has 1 aromatic heterocycles. The minimum Gasteiger partial charge on any atom is -0.366 e. The highest BCUT2D eigenvalue weighted by Gasteiger charge is 2.08. The monoisotopic (exact) mass is 229 g/mol. The molecule has 0 amide bonds. The van der Waals surface area contributed by atoms with E-state index in [1.807, 2.05) is 0 Å². The predicted octanol–water partition coefficient (Wildman–Crippen LogP) is 2.41. The maximum absolute atomic E-state index is 11.2. The van der Waals surface area contributed by atoms with Crippen molar-refractivity contribution in [1.82, 2.24) is 9.97 Å². The van der Waals surface area contributed by atoms with Gasteiger partial charge in [-0.2, -0.15) is 0 Å². The van der Waals surface area contributed by atoms with Crippen molar-refractivity contribution in [3.8, 4) is 0 Å². The molecule has 1 aromatic rings. The molecule has 0 radical (unpaired) electrons. The lowest BCUT2D eigenvalue weighted by Gasteiger charge is -2.14. The summed E-state index contributed by atoms with van der Waals surface area (Å²) < 4.78 is 0. The van der Waals surface area contributed by atoms with Gasteiger partial charge in [-0.05, 0) is 13.3 Å². The third-order valence-electron chi connectivity index (χ3n) is 2.17. The van der Waals surface area contributed by atoms with Gasteiger partial charge in [0.2, 0.25) is 0 Å². The molecular weight excluding hydrogens is 214 g/mol. The number of halogens is 1. The molecule has 15 heavy (non-hydrogen) atoms. The third kappa shape index (κ3) is 3.55. The molecule has 0 aromatic carbocycles. The summed E-state index contributed by atoms with van der Waals surface area (Å²) in [6.45, 7) is 4.19. The van der Waals surface area contributed by atoms with E-state index in [1.165, 1.54) is 6.33 Å². The number of aromatic amines is 1. The average molecular weight is 230 g/mol. The molecule has 0 aliphatic heterocycles. The average Bonchev–Trinajstić information content (AvgIpc) is 2.22. The van der Waals surface area contributed by atoms with Crippen LogP contribution < -0.4 is 10.9 Å². The molecule has 1 atom stereocenters. The van der Waals surface area contributed by atoms with Gasteiger partial charge in [0.05, 0.1) is 6.33 Å². The molecule has 1 unspecified atom stereocenters. The van der Waals surface area contributed by atoms with Crippen LogP contribution in [0, 0.1) is 0 Å². The van der Waals surface area contributed by atoms with Gasteiger partial charge in [-0.1, -0.05) is 31.4 Å². The van der Waals surface area contributed by atoms with Crippen LogP contribution in [0.15, 0.2) is 11.1 Å². The molecule has 1 heterocycles. The van der Waals surface area contributed by atoms with Crippen molar-refractivity contribution >= 4 is 17.4 Å². The first-order valence-corrected chi connectivity index (χ1v) is 5.52. The van der Waals surface area contributed by atoms with Crippen molar-refractivity contribution in [2.45, 2.75) is 39.2 Å². The number of anilines is 1. The number of hydrogen-bond acceptors (Lipinski definition) is 3. The van der Waals surface area contributed by atoms with Gasteiger partial charge in [0, 0.05) is 6.04 Å². The summed E-state index contributed by atoms with van der Waals surface area (Å²) in [5.41, 5.74) is -0.308. The maximum Gasteiger partial charge on any atom is 0.271 e. The Morgan fingerprint density at radius 2 is 2.40 bits per heavy atom. The van der Waals surface area contributed by atoms with Gasteiger partial charge >= 0.3 is 0 Å². The Bertz CT molecular complexity index is 364. The number of rotatable bonds is 5. The highest BCUT2D eigenvalue weighted by Crippen LogP contribution is 2.14. The normalized spacial score (nSPS) is 12.5. The largest absolute Gasteiger partial charge is 0.366 e. The van der Waals surface area contributed by atoms with E-state index in [2.05, 4.69) is 29.1 Å². The summed E-state index contributed by atoms with van der Waals surface area (Å²) in [5.74, 6) is 0.462. The SMILES string of the molecule is CCCCC(C)Nc1nc[nH]c(=O)c1Cl. The molecule has 0 aliphatic carbocycles. The van der Waals surface area contributed by atoms with Crippen molar-refractivity contribution < 1.29 is 0 Å². The second-order valence-electron chi connectivity index (χ2n) is 3.58. The zero-order valence-corrected chi connectivity index (χ0v) is 9.77. The van der Waals surface area contributed by atoms with Gasteiger partial charge < -0.3 is 10.3 Å². The number of aromatic nitrogens is 2. The molecule has 84 valence electrons. The highest BCUT2D eigenvalue weighted by molar-refractivity contribution is 6.32. The van der Waals surface area contributed by atoms with Crippen molar-refractivity contribution in [2.24, 2.45) is 0 Å². The fourth-order valence-electron chi connectivity index (χ4n) is 1.30. The molecule has 5 heteroatoms. The fourth-order valence-corrected chi connectivity index (χ4v) is 1.46. The van der Waals surface area contributed by atoms with Crippen molar-refractivity contribution in [1.29, 1.82) is 0 Å². The summed E-state index contributed by atoms with van der Waals surface area (Å²) in [4.78, 5) is 17.6. The van der Waals surface area contributed by atoms with Gasteiger partial charge in [0.25, 0.3) is 5.56 Å². The van der Waals surface area contributed by atoms with Crippen molar-refractivity contribution in [3.05, 3.63) is 21.7 Å². The minimum atomic E-state index is -0.308. The number of nitrogens with one attached hydrogen (secondary N) is 2. The van der Waals surface area contributed by atoms with Crippen LogP contribution in [0.3, 0.4) is 0 Å². The van der Waals surface area contributed by atoms with Crippen LogP contribution in [0.25, 0.3) is 0 Å². The molecular formula is C10H16ClN3O. The summed E-state index contributed by atoms with van der Waals surface area (Å²) in [6.07, 6.45) is 4.70. The highest BCUT2D eigenvalue weighted by atomic mass is 35.5. The zero-order valence-electron chi connectivity index (χ0n) is 9.01. The van der Waals surface area contributed by atoms with Crippen LogP contribution in [0.5, 0.6) is 0 Å². The van der Waals surface area contributed by atoms with Crippen LogP contribution >= 0.6 is 11.6 Å². The Kier molecular flexibility index (Phi) is 4.62. The van der Waals surface area contributed by atoms with E-state index in [1.54, 1.807) is 0 Å². The summed E-state index contributed by atoms with van der Waals surface area (Å²) in [6, 6.07) is 0.275. The van der Waals surface area contributed by atoms with E-state index in [-0.39, 0.29) is 16.6 Å². The number of hydrogen-bond donors (Lipinski definition) is 2. The summed E-state index contributed by atoms with van der Waals surface area (Å²) in [5, 5.41) is 3.25. The van der Waals surface area contributed by atoms with Crippen LogP contribution in [0.1, 0.15) is 33.1 Å². The number of nitrogens with zero attached hydrogens (tertiary/aromatic N) is 1. The Morgan fingerprint density at radius 1 is 1.67 bits per heavy atom. The summed E-state index contributed by atoms with van der Waals surface area (Å²) in [7, 11) is 0. The van der Waals surface area contributed by atoms with E-state index in [4.69, 9.17) is 11.6 Å². The van der Waals surface area contributed by atoms with E-state index >= 15 is 0 Å². The van der Waals surface area contributed by atoms with Gasteiger partial charge in [-0.25, -0.2) is 4.98 Å². The van der Waals surface area contributed by atoms with E-state index in [9.17, 15) is 4.79 Å². The Labute approximate surface area is 94.1 Å². The van der Waals surface area contributed by atoms with E-state index < -0.39 is 0 Å². The van der Waals surface area contributed by atoms with Gasteiger partial charge in [0.15, 0.2) is 5.82 Å². The molecule has 0 aliphatic rings. The topological polar surface area (TPSA) is 57.8 Å². The van der Waals surface area contributed by atoms with Crippen LogP contribution in [0.2, 0.25) is 5.02 Å². The van der Waals surface area contributed by atoms with E-state index in [0.29, 0.717) is 5.82 Å². The number of H-pyrrole nitrogens is 1. The standard InChI is InChI=1S/C10H16ClN3O/c1-3-4-5-7(2)14-9-8(11)10(15)13-6-12-9/h6-7H,3-5H2,1-2H3,(H2,12,13,14,15). The first-order chi connectivity index (χ1) is 7.15.